The summed E-state index contributed by atoms with van der Waals surface area (Å²) >= 11 is 6.14. The van der Waals surface area contributed by atoms with Crippen molar-refractivity contribution in [3.05, 3.63) is 58.6 Å². The molecule has 1 atom stereocenters. The molecule has 0 radical (unpaired) electrons. The van der Waals surface area contributed by atoms with Crippen LogP contribution in [0.1, 0.15) is 37.3 Å². The summed E-state index contributed by atoms with van der Waals surface area (Å²) in [6.07, 6.45) is 1.09. The number of halogens is 1. The second kappa shape index (κ2) is 6.23. The van der Waals surface area contributed by atoms with Crippen molar-refractivity contribution >= 4 is 11.6 Å². The van der Waals surface area contributed by atoms with E-state index in [0.717, 1.165) is 28.1 Å². The van der Waals surface area contributed by atoms with Gasteiger partial charge >= 0.3 is 0 Å². The first-order chi connectivity index (χ1) is 9.15. The Balaban J connectivity index is 2.55. The lowest BCUT2D eigenvalue weighted by atomic mass is 9.90. The van der Waals surface area contributed by atoms with Gasteiger partial charge in [-0.3, -0.25) is 0 Å². The topological polar surface area (TPSA) is 20.2 Å². The molecule has 2 aromatic rings. The summed E-state index contributed by atoms with van der Waals surface area (Å²) in [6, 6.07) is 14.1. The van der Waals surface area contributed by atoms with E-state index in [2.05, 4.69) is 26.0 Å². The van der Waals surface area contributed by atoms with E-state index in [0.29, 0.717) is 5.92 Å². The fourth-order valence-corrected chi connectivity index (χ4v) is 2.44. The molecule has 2 aromatic carbocycles. The molecular weight excluding hydrogens is 256 g/mol. The zero-order valence-electron chi connectivity index (χ0n) is 11.4. The van der Waals surface area contributed by atoms with Crippen LogP contribution in [-0.2, 0) is 6.61 Å². The van der Waals surface area contributed by atoms with Gasteiger partial charge in [0.25, 0.3) is 0 Å². The van der Waals surface area contributed by atoms with Crippen LogP contribution < -0.4 is 0 Å². The van der Waals surface area contributed by atoms with Gasteiger partial charge < -0.3 is 5.11 Å². The van der Waals surface area contributed by atoms with Gasteiger partial charge in [0.05, 0.1) is 6.61 Å². The van der Waals surface area contributed by atoms with Crippen molar-refractivity contribution in [3.8, 4) is 11.1 Å². The summed E-state index contributed by atoms with van der Waals surface area (Å²) in [5, 5.41) is 10.0. The first-order valence-corrected chi connectivity index (χ1v) is 7.03. The third-order valence-electron chi connectivity index (χ3n) is 3.58. The summed E-state index contributed by atoms with van der Waals surface area (Å²) in [4.78, 5) is 0. The van der Waals surface area contributed by atoms with Gasteiger partial charge in [-0.15, -0.1) is 0 Å². The molecule has 2 heteroatoms. The summed E-state index contributed by atoms with van der Waals surface area (Å²) in [7, 11) is 0. The van der Waals surface area contributed by atoms with Gasteiger partial charge in [-0.1, -0.05) is 49.7 Å². The fraction of sp³-hybridized carbons (Fsp3) is 0.294. The van der Waals surface area contributed by atoms with E-state index < -0.39 is 0 Å². The Morgan fingerprint density at radius 3 is 2.63 bits per heavy atom. The Morgan fingerprint density at radius 2 is 1.95 bits per heavy atom. The van der Waals surface area contributed by atoms with Crippen LogP contribution in [0.4, 0.5) is 0 Å². The maximum atomic E-state index is 9.26. The fourth-order valence-electron chi connectivity index (χ4n) is 2.27. The van der Waals surface area contributed by atoms with Crippen LogP contribution in [0.3, 0.4) is 0 Å². The van der Waals surface area contributed by atoms with E-state index in [1.807, 2.05) is 30.3 Å². The normalized spacial score (nSPS) is 12.4. The first kappa shape index (κ1) is 14.1. The van der Waals surface area contributed by atoms with Crippen molar-refractivity contribution in [1.29, 1.82) is 0 Å². The average Bonchev–Trinajstić information content (AvgIpc) is 2.46. The van der Waals surface area contributed by atoms with Crippen molar-refractivity contribution in [3.63, 3.8) is 0 Å². The molecule has 0 saturated heterocycles. The van der Waals surface area contributed by atoms with Crippen LogP contribution in [-0.4, -0.2) is 5.11 Å². The molecule has 0 saturated carbocycles. The minimum Gasteiger partial charge on any atom is -0.392 e. The predicted octanol–water partition coefficient (Wildman–Crippen LogP) is 5.01. The number of aliphatic hydroxyl groups excluding tert-OH is 1. The molecule has 1 N–H and O–H groups in total. The van der Waals surface area contributed by atoms with Crippen LogP contribution in [0.15, 0.2) is 42.5 Å². The largest absolute Gasteiger partial charge is 0.392 e. The molecule has 1 unspecified atom stereocenters. The van der Waals surface area contributed by atoms with Crippen LogP contribution in [0, 0.1) is 0 Å². The Bertz CT molecular complexity index is 563. The molecule has 2 rings (SSSR count). The standard InChI is InChI=1S/C17H19ClO/c1-3-12(2)16-8-7-15(18)10-17(16)14-6-4-5-13(9-14)11-19/h4-10,12,19H,3,11H2,1-2H3. The summed E-state index contributed by atoms with van der Waals surface area (Å²) < 4.78 is 0. The molecule has 0 aliphatic rings. The highest BCUT2D eigenvalue weighted by Gasteiger charge is 2.11. The van der Waals surface area contributed by atoms with Gasteiger partial charge in [-0.05, 0) is 52.8 Å². The number of rotatable bonds is 4. The number of benzene rings is 2. The Labute approximate surface area is 119 Å². The highest BCUT2D eigenvalue weighted by molar-refractivity contribution is 6.30. The van der Waals surface area contributed by atoms with Crippen molar-refractivity contribution < 1.29 is 5.11 Å². The zero-order chi connectivity index (χ0) is 13.8. The Kier molecular flexibility index (Phi) is 4.62. The molecule has 0 amide bonds. The zero-order valence-corrected chi connectivity index (χ0v) is 12.1. The summed E-state index contributed by atoms with van der Waals surface area (Å²) in [5.74, 6) is 0.491. The molecule has 0 spiro atoms. The summed E-state index contributed by atoms with van der Waals surface area (Å²) in [6.45, 7) is 4.48. The van der Waals surface area contributed by atoms with Gasteiger partial charge in [-0.2, -0.15) is 0 Å². The van der Waals surface area contributed by atoms with E-state index in [4.69, 9.17) is 11.6 Å². The van der Waals surface area contributed by atoms with Crippen LogP contribution in [0.5, 0.6) is 0 Å². The molecule has 0 aromatic heterocycles. The third kappa shape index (κ3) is 3.17. The van der Waals surface area contributed by atoms with Crippen molar-refractivity contribution in [2.75, 3.05) is 0 Å². The summed E-state index contributed by atoms with van der Waals surface area (Å²) in [5.41, 5.74) is 4.51. The smallest absolute Gasteiger partial charge is 0.0682 e. The maximum absolute atomic E-state index is 9.26. The molecule has 1 nitrogen and oxygen atoms in total. The lowest BCUT2D eigenvalue weighted by Crippen LogP contribution is -1.96. The van der Waals surface area contributed by atoms with Gasteiger partial charge in [0, 0.05) is 5.02 Å². The number of hydrogen-bond donors (Lipinski definition) is 1. The minimum atomic E-state index is 0.0626. The highest BCUT2D eigenvalue weighted by Crippen LogP contribution is 2.33. The molecule has 0 bridgehead atoms. The molecule has 0 aliphatic carbocycles. The minimum absolute atomic E-state index is 0.0626. The van der Waals surface area contributed by atoms with E-state index in [9.17, 15) is 5.11 Å². The lowest BCUT2D eigenvalue weighted by Gasteiger charge is -2.16. The van der Waals surface area contributed by atoms with E-state index in [1.165, 1.54) is 5.56 Å². The monoisotopic (exact) mass is 274 g/mol. The SMILES string of the molecule is CCC(C)c1ccc(Cl)cc1-c1cccc(CO)c1. The molecule has 100 valence electrons. The highest BCUT2D eigenvalue weighted by atomic mass is 35.5. The van der Waals surface area contributed by atoms with Crippen molar-refractivity contribution in [2.45, 2.75) is 32.8 Å². The van der Waals surface area contributed by atoms with Gasteiger partial charge in [-0.25, -0.2) is 0 Å². The van der Waals surface area contributed by atoms with E-state index in [1.54, 1.807) is 0 Å². The van der Waals surface area contributed by atoms with Crippen molar-refractivity contribution in [2.24, 2.45) is 0 Å². The molecule has 19 heavy (non-hydrogen) atoms. The Hall–Kier alpha value is -1.31. The second-order valence-electron chi connectivity index (χ2n) is 4.90. The van der Waals surface area contributed by atoms with E-state index in [-0.39, 0.29) is 6.61 Å². The van der Waals surface area contributed by atoms with Crippen LogP contribution in [0.2, 0.25) is 5.02 Å². The number of hydrogen-bond acceptors (Lipinski definition) is 1. The molecular formula is C17H19ClO. The van der Waals surface area contributed by atoms with Crippen LogP contribution >= 0.6 is 11.6 Å². The molecule has 0 fully saturated rings. The van der Waals surface area contributed by atoms with Gasteiger partial charge in [0.2, 0.25) is 0 Å². The number of aliphatic hydroxyl groups is 1. The van der Waals surface area contributed by atoms with Crippen LogP contribution in [0.25, 0.3) is 11.1 Å². The molecule has 0 heterocycles. The lowest BCUT2D eigenvalue weighted by molar-refractivity contribution is 0.282. The third-order valence-corrected chi connectivity index (χ3v) is 3.81. The second-order valence-corrected chi connectivity index (χ2v) is 5.34. The quantitative estimate of drug-likeness (QED) is 0.831. The van der Waals surface area contributed by atoms with Gasteiger partial charge in [0.1, 0.15) is 0 Å². The Morgan fingerprint density at radius 1 is 1.16 bits per heavy atom. The predicted molar refractivity (Wildman–Crippen MR) is 81.5 cm³/mol. The average molecular weight is 275 g/mol. The molecule has 0 aliphatic heterocycles. The first-order valence-electron chi connectivity index (χ1n) is 6.65. The maximum Gasteiger partial charge on any atom is 0.0682 e. The van der Waals surface area contributed by atoms with E-state index >= 15 is 0 Å². The van der Waals surface area contributed by atoms with Gasteiger partial charge in [0.15, 0.2) is 0 Å². The van der Waals surface area contributed by atoms with Crippen molar-refractivity contribution in [1.82, 2.24) is 0 Å².